The molecule has 0 unspecified atom stereocenters. The minimum atomic E-state index is 0.0278. The molecule has 4 nitrogen and oxygen atoms in total. The molecule has 17 heavy (non-hydrogen) atoms. The van der Waals surface area contributed by atoms with Crippen molar-refractivity contribution in [1.82, 2.24) is 4.98 Å². The molecule has 0 aliphatic heterocycles. The van der Waals surface area contributed by atoms with Gasteiger partial charge in [0.1, 0.15) is 0 Å². The van der Waals surface area contributed by atoms with Crippen LogP contribution in [0.25, 0.3) is 10.2 Å². The molecule has 0 fully saturated rings. The largest absolute Gasteiger partial charge is 0.394 e. The second-order valence-electron chi connectivity index (χ2n) is 3.07. The second kappa shape index (κ2) is 8.32. The van der Waals surface area contributed by atoms with Gasteiger partial charge in [0.05, 0.1) is 36.6 Å². The van der Waals surface area contributed by atoms with E-state index in [9.17, 15) is 0 Å². The molecule has 0 saturated heterocycles. The molecule has 0 spiro atoms. The van der Waals surface area contributed by atoms with Crippen molar-refractivity contribution in [2.75, 3.05) is 26.4 Å². The summed E-state index contributed by atoms with van der Waals surface area (Å²) in [4.78, 5) is 3.09. The van der Waals surface area contributed by atoms with Crippen molar-refractivity contribution < 1.29 is 14.9 Å². The highest BCUT2D eigenvalue weighted by molar-refractivity contribution is 7.73. The number of ether oxygens (including phenoxy) is 1. The lowest BCUT2D eigenvalue weighted by molar-refractivity contribution is 0.0650. The molecule has 0 aliphatic carbocycles. The predicted molar refractivity (Wildman–Crippen MR) is 72.0 cm³/mol. The molecule has 1 aromatic carbocycles. The van der Waals surface area contributed by atoms with Gasteiger partial charge in [0.25, 0.3) is 0 Å². The molecular weight excluding hydrogens is 258 g/mol. The van der Waals surface area contributed by atoms with E-state index < -0.39 is 0 Å². The van der Waals surface area contributed by atoms with Gasteiger partial charge in [-0.05, 0) is 24.4 Å². The summed E-state index contributed by atoms with van der Waals surface area (Å²) in [6.45, 7) is 0.696. The number of thiazole rings is 1. The van der Waals surface area contributed by atoms with E-state index in [2.05, 4.69) is 15.8 Å². The van der Waals surface area contributed by atoms with Crippen LogP contribution in [0, 0.1) is 3.95 Å². The smallest absolute Gasteiger partial charge is 0.159 e. The summed E-state index contributed by atoms with van der Waals surface area (Å²) < 4.78 is 6.71. The third-order valence-electron chi connectivity index (χ3n) is 1.80. The van der Waals surface area contributed by atoms with E-state index >= 15 is 0 Å². The quantitative estimate of drug-likeness (QED) is 0.588. The summed E-state index contributed by atoms with van der Waals surface area (Å²) in [7, 11) is 0. The minimum absolute atomic E-state index is 0.0278. The Bertz CT molecular complexity index is 441. The number of benzene rings is 1. The number of hydrogen-bond acceptors (Lipinski definition) is 5. The highest BCUT2D eigenvalue weighted by Crippen LogP contribution is 2.17. The van der Waals surface area contributed by atoms with Gasteiger partial charge in [-0.2, -0.15) is 0 Å². The molecule has 94 valence electrons. The number of para-hydroxylation sites is 1. The van der Waals surface area contributed by atoms with Gasteiger partial charge >= 0.3 is 0 Å². The monoisotopic (exact) mass is 273 g/mol. The molecule has 6 heteroatoms. The Labute approximate surface area is 108 Å². The Balaban J connectivity index is 0.000000185. The lowest BCUT2D eigenvalue weighted by atomic mass is 10.3. The van der Waals surface area contributed by atoms with Crippen LogP contribution in [-0.4, -0.2) is 41.6 Å². The molecule has 1 heterocycles. The first-order valence-corrected chi connectivity index (χ1v) is 6.37. The summed E-state index contributed by atoms with van der Waals surface area (Å²) in [6.07, 6.45) is 0. The minimum Gasteiger partial charge on any atom is -0.394 e. The van der Waals surface area contributed by atoms with Crippen molar-refractivity contribution in [3.05, 3.63) is 28.2 Å². The van der Waals surface area contributed by atoms with Gasteiger partial charge in [-0.15, -0.1) is 11.3 Å². The molecule has 0 saturated carbocycles. The van der Waals surface area contributed by atoms with Crippen LogP contribution in [0.2, 0.25) is 0 Å². The van der Waals surface area contributed by atoms with Gasteiger partial charge in [0.15, 0.2) is 3.95 Å². The number of aromatic nitrogens is 1. The number of nitrogens with one attached hydrogen (secondary N) is 1. The van der Waals surface area contributed by atoms with Crippen LogP contribution in [0.15, 0.2) is 24.3 Å². The van der Waals surface area contributed by atoms with Crippen molar-refractivity contribution in [1.29, 1.82) is 0 Å². The molecule has 0 radical (unpaired) electrons. The van der Waals surface area contributed by atoms with E-state index in [1.807, 2.05) is 18.2 Å². The standard InChI is InChI=1S/C7H5NS2.C4H10O3/c9-7-8-5-3-1-2-4-6(5)10-7;5-1-3-7-4-2-6/h1-4H,(H,8,9);5-6H,1-4H2. The van der Waals surface area contributed by atoms with Crippen LogP contribution in [0.1, 0.15) is 0 Å². The zero-order valence-electron chi connectivity index (χ0n) is 9.26. The Morgan fingerprint density at radius 2 is 1.82 bits per heavy atom. The van der Waals surface area contributed by atoms with E-state index in [1.165, 1.54) is 4.70 Å². The Hall–Kier alpha value is -0.790. The van der Waals surface area contributed by atoms with Gasteiger partial charge in [0, 0.05) is 0 Å². The second-order valence-corrected chi connectivity index (χ2v) is 4.79. The van der Waals surface area contributed by atoms with Crippen LogP contribution < -0.4 is 0 Å². The van der Waals surface area contributed by atoms with Crippen LogP contribution in [0.3, 0.4) is 0 Å². The molecule has 3 N–H and O–H groups in total. The first-order chi connectivity index (χ1) is 8.27. The Kier molecular flexibility index (Phi) is 6.99. The summed E-state index contributed by atoms with van der Waals surface area (Å²) in [5.41, 5.74) is 1.14. The van der Waals surface area contributed by atoms with Crippen LogP contribution >= 0.6 is 23.6 Å². The first kappa shape index (κ1) is 14.3. The number of H-pyrrole nitrogens is 1. The Morgan fingerprint density at radius 1 is 1.18 bits per heavy atom. The third-order valence-corrected chi connectivity index (χ3v) is 3.01. The summed E-state index contributed by atoms with van der Waals surface area (Å²) in [5.74, 6) is 0. The lowest BCUT2D eigenvalue weighted by Crippen LogP contribution is -2.03. The van der Waals surface area contributed by atoms with Gasteiger partial charge in [0.2, 0.25) is 0 Å². The molecule has 0 amide bonds. The molecule has 0 bridgehead atoms. The highest BCUT2D eigenvalue weighted by Gasteiger charge is 1.91. The maximum atomic E-state index is 8.09. The number of fused-ring (bicyclic) bond motifs is 1. The predicted octanol–water partition coefficient (Wildman–Crippen LogP) is 1.95. The van der Waals surface area contributed by atoms with Gasteiger partial charge in [-0.3, -0.25) is 0 Å². The molecule has 2 rings (SSSR count). The van der Waals surface area contributed by atoms with E-state index in [0.717, 1.165) is 9.47 Å². The first-order valence-electron chi connectivity index (χ1n) is 5.15. The Morgan fingerprint density at radius 3 is 2.41 bits per heavy atom. The van der Waals surface area contributed by atoms with Crippen molar-refractivity contribution in [2.45, 2.75) is 0 Å². The van der Waals surface area contributed by atoms with Gasteiger partial charge in [-0.25, -0.2) is 0 Å². The van der Waals surface area contributed by atoms with Crippen molar-refractivity contribution in [3.8, 4) is 0 Å². The van der Waals surface area contributed by atoms with Crippen molar-refractivity contribution in [3.63, 3.8) is 0 Å². The van der Waals surface area contributed by atoms with E-state index in [1.54, 1.807) is 11.3 Å². The zero-order valence-corrected chi connectivity index (χ0v) is 10.9. The number of aliphatic hydroxyl groups excluding tert-OH is 2. The third kappa shape index (κ3) is 5.38. The SMILES string of the molecule is OCCOCCO.S=c1[nH]c2ccccc2s1. The summed E-state index contributed by atoms with van der Waals surface area (Å²) in [5, 5.41) is 16.2. The number of rotatable bonds is 4. The van der Waals surface area contributed by atoms with Gasteiger partial charge < -0.3 is 19.9 Å². The molecule has 2 aromatic rings. The summed E-state index contributed by atoms with van der Waals surface area (Å²) in [6, 6.07) is 8.11. The normalized spacial score (nSPS) is 10.0. The molecule has 0 aliphatic rings. The number of aromatic amines is 1. The van der Waals surface area contributed by atoms with E-state index in [-0.39, 0.29) is 13.2 Å². The fraction of sp³-hybridized carbons (Fsp3) is 0.364. The maximum Gasteiger partial charge on any atom is 0.159 e. The average molecular weight is 273 g/mol. The average Bonchev–Trinajstić information content (AvgIpc) is 2.70. The van der Waals surface area contributed by atoms with Crippen LogP contribution in [-0.2, 0) is 4.74 Å². The fourth-order valence-electron chi connectivity index (χ4n) is 1.13. The van der Waals surface area contributed by atoms with Crippen molar-refractivity contribution >= 4 is 33.8 Å². The molecule has 1 aromatic heterocycles. The molecular formula is C11H15NO3S2. The van der Waals surface area contributed by atoms with Crippen LogP contribution in [0.4, 0.5) is 0 Å². The lowest BCUT2D eigenvalue weighted by Gasteiger charge is -1.94. The number of aliphatic hydroxyl groups is 2. The van der Waals surface area contributed by atoms with E-state index in [0.29, 0.717) is 13.2 Å². The van der Waals surface area contributed by atoms with Gasteiger partial charge in [-0.1, -0.05) is 12.1 Å². The zero-order chi connectivity index (χ0) is 12.5. The van der Waals surface area contributed by atoms with Crippen molar-refractivity contribution in [2.24, 2.45) is 0 Å². The van der Waals surface area contributed by atoms with E-state index in [4.69, 9.17) is 22.4 Å². The fourth-order valence-corrected chi connectivity index (χ4v) is 2.24. The highest BCUT2D eigenvalue weighted by atomic mass is 32.1. The molecule has 0 atom stereocenters. The maximum absolute atomic E-state index is 8.09. The summed E-state index contributed by atoms with van der Waals surface area (Å²) >= 11 is 6.59. The van der Waals surface area contributed by atoms with Crippen LogP contribution in [0.5, 0.6) is 0 Å². The number of hydrogen-bond donors (Lipinski definition) is 3. The topological polar surface area (TPSA) is 65.5 Å².